The van der Waals surface area contributed by atoms with Crippen molar-refractivity contribution in [1.29, 1.82) is 0 Å². The van der Waals surface area contributed by atoms with Crippen molar-refractivity contribution in [3.63, 3.8) is 0 Å². The van der Waals surface area contributed by atoms with Crippen LogP contribution >= 0.6 is 0 Å². The molecule has 3 rings (SSSR count). The number of aromatic nitrogens is 2. The van der Waals surface area contributed by atoms with Crippen LogP contribution in [0.15, 0.2) is 11.2 Å². The summed E-state index contributed by atoms with van der Waals surface area (Å²) < 4.78 is 27.3. The molecule has 0 aromatic carbocycles. The SMILES string of the molecule is CCc1ncc(S(=O)(=O)N2CC3CNCC3C2CC)[nH]1. The quantitative estimate of drug-likeness (QED) is 0.853. The van der Waals surface area contributed by atoms with Crippen molar-refractivity contribution in [2.24, 2.45) is 11.8 Å². The highest BCUT2D eigenvalue weighted by atomic mass is 32.2. The van der Waals surface area contributed by atoms with E-state index in [4.69, 9.17) is 0 Å². The summed E-state index contributed by atoms with van der Waals surface area (Å²) in [7, 11) is -3.44. The Morgan fingerprint density at radius 3 is 2.85 bits per heavy atom. The van der Waals surface area contributed by atoms with E-state index in [-0.39, 0.29) is 11.1 Å². The number of aromatic amines is 1. The van der Waals surface area contributed by atoms with E-state index < -0.39 is 10.0 Å². The third kappa shape index (κ3) is 2.08. The Bertz CT molecular complexity index is 583. The monoisotopic (exact) mass is 298 g/mol. The van der Waals surface area contributed by atoms with Gasteiger partial charge in [-0.25, -0.2) is 13.4 Å². The van der Waals surface area contributed by atoms with Gasteiger partial charge in [0.15, 0.2) is 5.03 Å². The van der Waals surface area contributed by atoms with E-state index in [0.717, 1.165) is 25.3 Å². The maximum Gasteiger partial charge on any atom is 0.260 e. The van der Waals surface area contributed by atoms with Crippen molar-refractivity contribution < 1.29 is 8.42 Å². The second-order valence-electron chi connectivity index (χ2n) is 5.68. The fraction of sp³-hybridized carbons (Fsp3) is 0.769. The molecule has 20 heavy (non-hydrogen) atoms. The molecule has 3 unspecified atom stereocenters. The maximum atomic E-state index is 12.8. The van der Waals surface area contributed by atoms with Gasteiger partial charge in [-0.1, -0.05) is 13.8 Å². The molecule has 0 aliphatic carbocycles. The van der Waals surface area contributed by atoms with Crippen LogP contribution in [0.3, 0.4) is 0 Å². The molecule has 7 heteroatoms. The molecule has 3 atom stereocenters. The van der Waals surface area contributed by atoms with Gasteiger partial charge in [-0.2, -0.15) is 4.31 Å². The zero-order valence-electron chi connectivity index (χ0n) is 12.0. The largest absolute Gasteiger partial charge is 0.332 e. The van der Waals surface area contributed by atoms with Crippen molar-refractivity contribution in [2.45, 2.75) is 37.8 Å². The lowest BCUT2D eigenvalue weighted by Crippen LogP contribution is -2.39. The normalized spacial score (nSPS) is 30.8. The van der Waals surface area contributed by atoms with Crippen molar-refractivity contribution in [1.82, 2.24) is 19.6 Å². The molecule has 112 valence electrons. The third-order valence-corrected chi connectivity index (χ3v) is 6.42. The number of nitrogens with one attached hydrogen (secondary N) is 2. The van der Waals surface area contributed by atoms with Gasteiger partial charge in [0, 0.05) is 19.0 Å². The van der Waals surface area contributed by atoms with Gasteiger partial charge >= 0.3 is 0 Å². The van der Waals surface area contributed by atoms with Crippen LogP contribution in [0.5, 0.6) is 0 Å². The lowest BCUT2D eigenvalue weighted by Gasteiger charge is -2.25. The molecule has 0 saturated carbocycles. The number of fused-ring (bicyclic) bond motifs is 1. The van der Waals surface area contributed by atoms with E-state index in [0.29, 0.717) is 24.8 Å². The summed E-state index contributed by atoms with van der Waals surface area (Å²) in [6.45, 7) is 6.50. The minimum atomic E-state index is -3.44. The van der Waals surface area contributed by atoms with E-state index in [2.05, 4.69) is 22.2 Å². The topological polar surface area (TPSA) is 78.1 Å². The van der Waals surface area contributed by atoms with E-state index in [1.165, 1.54) is 6.20 Å². The fourth-order valence-corrected chi connectivity index (χ4v) is 5.28. The zero-order chi connectivity index (χ0) is 14.3. The van der Waals surface area contributed by atoms with Crippen LogP contribution < -0.4 is 5.32 Å². The number of aryl methyl sites for hydroxylation is 1. The molecule has 2 aliphatic heterocycles. The van der Waals surface area contributed by atoms with Crippen molar-refractivity contribution >= 4 is 10.0 Å². The molecule has 1 aromatic rings. The van der Waals surface area contributed by atoms with E-state index >= 15 is 0 Å². The smallest absolute Gasteiger partial charge is 0.260 e. The molecule has 2 saturated heterocycles. The number of hydrogen-bond donors (Lipinski definition) is 2. The second-order valence-corrected chi connectivity index (χ2v) is 7.54. The van der Waals surface area contributed by atoms with Gasteiger partial charge in [0.1, 0.15) is 5.82 Å². The summed E-state index contributed by atoms with van der Waals surface area (Å²) in [5, 5.41) is 3.61. The number of rotatable bonds is 4. The average molecular weight is 298 g/mol. The first-order valence-electron chi connectivity index (χ1n) is 7.34. The second kappa shape index (κ2) is 5.13. The molecule has 2 fully saturated rings. The summed E-state index contributed by atoms with van der Waals surface area (Å²) in [4.78, 5) is 7.06. The molecule has 2 aliphatic rings. The highest BCUT2D eigenvalue weighted by Gasteiger charge is 2.48. The predicted molar refractivity (Wildman–Crippen MR) is 75.8 cm³/mol. The van der Waals surface area contributed by atoms with Gasteiger partial charge in [0.25, 0.3) is 10.0 Å². The summed E-state index contributed by atoms with van der Waals surface area (Å²) in [6, 6.07) is 0.105. The molecule has 0 amide bonds. The minimum Gasteiger partial charge on any atom is -0.332 e. The first-order chi connectivity index (χ1) is 9.57. The first kappa shape index (κ1) is 14.0. The zero-order valence-corrected chi connectivity index (χ0v) is 12.8. The Morgan fingerprint density at radius 1 is 1.40 bits per heavy atom. The Labute approximate surface area is 120 Å². The van der Waals surface area contributed by atoms with Crippen LogP contribution in [0.2, 0.25) is 0 Å². The van der Waals surface area contributed by atoms with Crippen LogP contribution in [-0.2, 0) is 16.4 Å². The number of imidazole rings is 1. The highest BCUT2D eigenvalue weighted by Crippen LogP contribution is 2.37. The molecule has 2 N–H and O–H groups in total. The Morgan fingerprint density at radius 2 is 2.20 bits per heavy atom. The standard InChI is InChI=1S/C13H22N4O2S/c1-3-11-10-6-14-5-9(10)8-17(11)20(18,19)13-7-15-12(4-2)16-13/h7,9-11,14H,3-6,8H2,1-2H3,(H,15,16). The van der Waals surface area contributed by atoms with Crippen molar-refractivity contribution in [3.05, 3.63) is 12.0 Å². The molecule has 0 spiro atoms. The number of H-pyrrole nitrogens is 1. The number of sulfonamides is 1. The maximum absolute atomic E-state index is 12.8. The number of hydrogen-bond acceptors (Lipinski definition) is 4. The van der Waals surface area contributed by atoms with Gasteiger partial charge in [-0.15, -0.1) is 0 Å². The predicted octanol–water partition coefficient (Wildman–Crippen LogP) is 0.591. The van der Waals surface area contributed by atoms with Gasteiger partial charge in [0.05, 0.1) is 6.20 Å². The molecule has 0 bridgehead atoms. The summed E-state index contributed by atoms with van der Waals surface area (Å²) in [5.74, 6) is 1.62. The summed E-state index contributed by atoms with van der Waals surface area (Å²) >= 11 is 0. The lowest BCUT2D eigenvalue weighted by atomic mass is 9.93. The lowest BCUT2D eigenvalue weighted by molar-refractivity contribution is 0.328. The van der Waals surface area contributed by atoms with Crippen LogP contribution in [0.25, 0.3) is 0 Å². The van der Waals surface area contributed by atoms with E-state index in [1.807, 2.05) is 6.92 Å². The molecule has 0 radical (unpaired) electrons. The Balaban J connectivity index is 1.91. The van der Waals surface area contributed by atoms with Crippen molar-refractivity contribution in [3.8, 4) is 0 Å². The first-order valence-corrected chi connectivity index (χ1v) is 8.78. The fourth-order valence-electron chi connectivity index (χ4n) is 3.55. The van der Waals surface area contributed by atoms with Crippen LogP contribution in [0.1, 0.15) is 26.1 Å². The van der Waals surface area contributed by atoms with Gasteiger partial charge < -0.3 is 10.3 Å². The van der Waals surface area contributed by atoms with E-state index in [1.54, 1.807) is 4.31 Å². The molecule has 3 heterocycles. The summed E-state index contributed by atoms with van der Waals surface area (Å²) in [6.07, 6.45) is 3.02. The molecular formula is C13H22N4O2S. The Kier molecular flexibility index (Phi) is 3.60. The molecule has 1 aromatic heterocycles. The average Bonchev–Trinajstić information content (AvgIpc) is 3.13. The van der Waals surface area contributed by atoms with Crippen LogP contribution in [0.4, 0.5) is 0 Å². The molecule has 6 nitrogen and oxygen atoms in total. The van der Waals surface area contributed by atoms with Gasteiger partial charge in [-0.05, 0) is 31.3 Å². The third-order valence-electron chi connectivity index (χ3n) is 4.62. The van der Waals surface area contributed by atoms with Crippen LogP contribution in [-0.4, -0.2) is 48.4 Å². The Hall–Kier alpha value is -0.920. The van der Waals surface area contributed by atoms with Crippen LogP contribution in [0, 0.1) is 11.8 Å². The van der Waals surface area contributed by atoms with Crippen molar-refractivity contribution in [2.75, 3.05) is 19.6 Å². The number of nitrogens with zero attached hydrogens (tertiary/aromatic N) is 2. The highest BCUT2D eigenvalue weighted by molar-refractivity contribution is 7.89. The van der Waals surface area contributed by atoms with Gasteiger partial charge in [0.2, 0.25) is 0 Å². The summed E-state index contributed by atoms with van der Waals surface area (Å²) in [5.41, 5.74) is 0. The van der Waals surface area contributed by atoms with E-state index in [9.17, 15) is 8.42 Å². The molecular weight excluding hydrogens is 276 g/mol. The minimum absolute atomic E-state index is 0.105. The van der Waals surface area contributed by atoms with Gasteiger partial charge in [-0.3, -0.25) is 0 Å².